The minimum Gasteiger partial charge on any atom is -0.134 e. The van der Waals surface area contributed by atoms with Gasteiger partial charge in [0.1, 0.15) is 0 Å². The summed E-state index contributed by atoms with van der Waals surface area (Å²) in [5.41, 5.74) is 6.46. The summed E-state index contributed by atoms with van der Waals surface area (Å²) in [7, 11) is 0. The summed E-state index contributed by atoms with van der Waals surface area (Å²) in [6.45, 7) is 0. The third kappa shape index (κ3) is 3.84. The van der Waals surface area contributed by atoms with Gasteiger partial charge in [0.25, 0.3) is 0 Å². The number of fused-ring (bicyclic) bond motifs is 8. The summed E-state index contributed by atoms with van der Waals surface area (Å²) in [4.78, 5) is 1.31. The van der Waals surface area contributed by atoms with Crippen molar-refractivity contribution in [3.63, 3.8) is 0 Å². The maximum Gasteiger partial charge on any atom is 0.0540 e. The van der Waals surface area contributed by atoms with Crippen LogP contribution in [0.4, 0.5) is 0 Å². The van der Waals surface area contributed by atoms with Gasteiger partial charge in [0.05, 0.1) is 9.40 Å². The lowest BCUT2D eigenvalue weighted by atomic mass is 9.84. The molecule has 0 atom stereocenters. The van der Waals surface area contributed by atoms with Crippen LogP contribution in [0.1, 0.15) is 0 Å². The topological polar surface area (TPSA) is 0 Å². The lowest BCUT2D eigenvalue weighted by Gasteiger charge is -2.19. The largest absolute Gasteiger partial charge is 0.134 e. The lowest BCUT2D eigenvalue weighted by molar-refractivity contribution is 1.69. The second-order valence-corrected chi connectivity index (χ2v) is 14.1. The molecule has 0 bridgehead atoms. The van der Waals surface area contributed by atoms with Crippen molar-refractivity contribution in [1.82, 2.24) is 0 Å². The zero-order chi connectivity index (χ0) is 30.2. The molecule has 0 aliphatic heterocycles. The molecule has 46 heavy (non-hydrogen) atoms. The normalized spacial score (nSPS) is 11.9. The summed E-state index contributed by atoms with van der Waals surface area (Å²) in [6.07, 6.45) is 0. The molecule has 0 aliphatic carbocycles. The average molecular weight is 619 g/mol. The van der Waals surface area contributed by atoms with E-state index in [0.29, 0.717) is 0 Å². The Morgan fingerprint density at radius 2 is 0.957 bits per heavy atom. The van der Waals surface area contributed by atoms with Gasteiger partial charge in [-0.1, -0.05) is 133 Å². The van der Waals surface area contributed by atoms with E-state index in [2.05, 4.69) is 158 Å². The van der Waals surface area contributed by atoms with Gasteiger partial charge in [0, 0.05) is 20.3 Å². The van der Waals surface area contributed by atoms with Gasteiger partial charge >= 0.3 is 0 Å². The summed E-state index contributed by atoms with van der Waals surface area (Å²) in [5.74, 6) is 0. The molecule has 0 amide bonds. The van der Waals surface area contributed by atoms with Gasteiger partial charge in [-0.15, -0.1) is 22.7 Å². The average Bonchev–Trinajstić information content (AvgIpc) is 3.73. The maximum atomic E-state index is 2.48. The Labute approximate surface area is 274 Å². The van der Waals surface area contributed by atoms with Gasteiger partial charge in [-0.05, 0) is 89.8 Å². The van der Waals surface area contributed by atoms with Crippen molar-refractivity contribution in [2.24, 2.45) is 0 Å². The molecule has 0 saturated heterocycles. The number of benzene rings is 8. The standard InChI is InChI=1S/C44H26S2/c1-2-13-28(14-3-1)39-26-31-25-37(42-36-20-10-11-21-38(36)45-44(42)43(31)46-39)41-34-18-8-6-16-32(34)40(33-17-7-9-19-35(33)41)30-23-22-27-12-4-5-15-29(27)24-30/h1-26H. The molecule has 0 radical (unpaired) electrons. The fourth-order valence-electron chi connectivity index (χ4n) is 7.41. The second-order valence-electron chi connectivity index (χ2n) is 12.0. The third-order valence-electron chi connectivity index (χ3n) is 9.43. The zero-order valence-corrected chi connectivity index (χ0v) is 26.5. The molecule has 0 N–H and O–H groups in total. The summed E-state index contributed by atoms with van der Waals surface area (Å²) in [5, 5.41) is 11.7. The Balaban J connectivity index is 1.36. The molecule has 0 unspecified atom stereocenters. The van der Waals surface area contributed by atoms with Crippen LogP contribution < -0.4 is 0 Å². The highest BCUT2D eigenvalue weighted by Crippen LogP contribution is 2.51. The highest BCUT2D eigenvalue weighted by Gasteiger charge is 2.22. The quantitative estimate of drug-likeness (QED) is 0.173. The first-order chi connectivity index (χ1) is 22.8. The summed E-state index contributed by atoms with van der Waals surface area (Å²) >= 11 is 3.85. The van der Waals surface area contributed by atoms with Crippen LogP contribution in [0.2, 0.25) is 0 Å². The molecule has 10 rings (SSSR count). The van der Waals surface area contributed by atoms with E-state index in [-0.39, 0.29) is 0 Å². The molecular weight excluding hydrogens is 593 g/mol. The Morgan fingerprint density at radius 1 is 0.348 bits per heavy atom. The second kappa shape index (κ2) is 10.1. The molecule has 0 aliphatic rings. The Morgan fingerprint density at radius 3 is 1.70 bits per heavy atom. The van der Waals surface area contributed by atoms with Crippen molar-refractivity contribution < 1.29 is 0 Å². The molecule has 0 fully saturated rings. The van der Waals surface area contributed by atoms with E-state index in [4.69, 9.17) is 0 Å². The highest BCUT2D eigenvalue weighted by atomic mass is 32.1. The number of hydrogen-bond donors (Lipinski definition) is 0. The van der Waals surface area contributed by atoms with Crippen molar-refractivity contribution in [3.8, 4) is 32.7 Å². The highest BCUT2D eigenvalue weighted by molar-refractivity contribution is 7.32. The minimum atomic E-state index is 1.25. The number of hydrogen-bond acceptors (Lipinski definition) is 2. The van der Waals surface area contributed by atoms with E-state index in [1.54, 1.807) is 0 Å². The smallest absolute Gasteiger partial charge is 0.0540 e. The summed E-state index contributed by atoms with van der Waals surface area (Å²) in [6, 6.07) is 58.3. The van der Waals surface area contributed by atoms with E-state index in [0.717, 1.165) is 0 Å². The number of thiophene rings is 2. The van der Waals surface area contributed by atoms with Gasteiger partial charge in [-0.25, -0.2) is 0 Å². The van der Waals surface area contributed by atoms with Crippen molar-refractivity contribution in [2.75, 3.05) is 0 Å². The van der Waals surface area contributed by atoms with Gasteiger partial charge < -0.3 is 0 Å². The van der Waals surface area contributed by atoms with Crippen molar-refractivity contribution >= 4 is 85.2 Å². The Bertz CT molecular complexity index is 2740. The van der Waals surface area contributed by atoms with Crippen LogP contribution in [0.25, 0.3) is 95.3 Å². The van der Waals surface area contributed by atoms with E-state index in [1.165, 1.54) is 95.3 Å². The molecule has 2 heteroatoms. The van der Waals surface area contributed by atoms with Gasteiger partial charge in [-0.3, -0.25) is 0 Å². The van der Waals surface area contributed by atoms with Crippen LogP contribution in [0.5, 0.6) is 0 Å². The molecule has 2 aromatic heterocycles. The van der Waals surface area contributed by atoms with Crippen molar-refractivity contribution in [3.05, 3.63) is 158 Å². The Hall–Kier alpha value is -5.28. The van der Waals surface area contributed by atoms with E-state index in [1.807, 2.05) is 22.7 Å². The van der Waals surface area contributed by atoms with Crippen molar-refractivity contribution in [2.45, 2.75) is 0 Å². The fraction of sp³-hybridized carbons (Fsp3) is 0. The van der Waals surface area contributed by atoms with Crippen LogP contribution in [0.15, 0.2) is 158 Å². The van der Waals surface area contributed by atoms with Gasteiger partial charge in [0.15, 0.2) is 0 Å². The molecule has 8 aromatic carbocycles. The predicted octanol–water partition coefficient (Wildman–Crippen LogP) is 13.7. The predicted molar refractivity (Wildman–Crippen MR) is 204 cm³/mol. The zero-order valence-electron chi connectivity index (χ0n) is 24.8. The number of rotatable bonds is 3. The first-order valence-corrected chi connectivity index (χ1v) is 17.3. The maximum absolute atomic E-state index is 2.48. The molecule has 214 valence electrons. The Kier molecular flexibility index (Phi) is 5.72. The van der Waals surface area contributed by atoms with Crippen LogP contribution in [-0.2, 0) is 0 Å². The van der Waals surface area contributed by atoms with Crippen molar-refractivity contribution in [1.29, 1.82) is 0 Å². The molecule has 0 spiro atoms. The van der Waals surface area contributed by atoms with Crippen LogP contribution >= 0.6 is 22.7 Å². The molecule has 0 saturated carbocycles. The fourth-order valence-corrected chi connectivity index (χ4v) is 9.93. The SMILES string of the molecule is c1ccc(-c2cc3cc(-c4c5ccccc5c(-c5ccc6ccccc6c5)c5ccccc45)c4c5ccccc5sc4c3s2)cc1. The molecule has 0 nitrogen and oxygen atoms in total. The first kappa shape index (κ1) is 26.0. The van der Waals surface area contributed by atoms with E-state index < -0.39 is 0 Å². The minimum absolute atomic E-state index is 1.25. The van der Waals surface area contributed by atoms with Crippen LogP contribution in [0, 0.1) is 0 Å². The van der Waals surface area contributed by atoms with Crippen LogP contribution in [0.3, 0.4) is 0 Å². The lowest BCUT2D eigenvalue weighted by Crippen LogP contribution is -1.91. The summed E-state index contributed by atoms with van der Waals surface area (Å²) < 4.78 is 4.09. The van der Waals surface area contributed by atoms with E-state index in [9.17, 15) is 0 Å². The van der Waals surface area contributed by atoms with E-state index >= 15 is 0 Å². The third-order valence-corrected chi connectivity index (χ3v) is 12.0. The van der Waals surface area contributed by atoms with Crippen LogP contribution in [-0.4, -0.2) is 0 Å². The molecular formula is C44H26S2. The molecule has 10 aromatic rings. The first-order valence-electron chi connectivity index (χ1n) is 15.7. The van der Waals surface area contributed by atoms with Gasteiger partial charge in [-0.2, -0.15) is 0 Å². The molecule has 2 heterocycles. The van der Waals surface area contributed by atoms with Gasteiger partial charge in [0.2, 0.25) is 0 Å². The monoisotopic (exact) mass is 618 g/mol.